The van der Waals surface area contributed by atoms with Crippen LogP contribution in [-0.2, 0) is 0 Å². The fraction of sp³-hybridized carbons (Fsp3) is 0.182. The molecule has 0 bridgehead atoms. The molecule has 1 rings (SSSR count). The van der Waals surface area contributed by atoms with Gasteiger partial charge in [-0.3, -0.25) is 0 Å². The Morgan fingerprint density at radius 3 is 3.00 bits per heavy atom. The highest BCUT2D eigenvalue weighted by atomic mass is 19.1. The first-order valence-electron chi connectivity index (χ1n) is 4.68. The number of rotatable bonds is 3. The molecule has 0 amide bonds. The molecule has 1 aromatic rings. The van der Waals surface area contributed by atoms with Crippen molar-refractivity contribution in [1.29, 1.82) is 0 Å². The molecule has 1 N–H and O–H groups in total. The van der Waals surface area contributed by atoms with Gasteiger partial charge in [0.15, 0.2) is 0 Å². The minimum Gasteiger partial charge on any atom is -0.478 e. The molecule has 0 aromatic heterocycles. The van der Waals surface area contributed by atoms with E-state index in [9.17, 15) is 9.18 Å². The summed E-state index contributed by atoms with van der Waals surface area (Å²) in [5.41, 5.74) is 7.69. The van der Waals surface area contributed by atoms with Crippen LogP contribution < -0.4 is 0 Å². The summed E-state index contributed by atoms with van der Waals surface area (Å²) in [6.07, 6.45) is 0.291. The van der Waals surface area contributed by atoms with Crippen LogP contribution in [0.3, 0.4) is 0 Å². The largest absolute Gasteiger partial charge is 0.478 e. The molecule has 0 fully saturated rings. The fourth-order valence-electron chi connectivity index (χ4n) is 1.15. The van der Waals surface area contributed by atoms with Crippen LogP contribution in [0, 0.1) is 17.7 Å². The number of carboxylic acid groups (broad SMARTS) is 1. The number of nitrogens with zero attached hydrogens (tertiary/aromatic N) is 3. The minimum absolute atomic E-state index is 0.110. The molecule has 0 saturated carbocycles. The van der Waals surface area contributed by atoms with Gasteiger partial charge < -0.3 is 5.11 Å². The minimum atomic E-state index is -1.36. The predicted molar refractivity (Wildman–Crippen MR) is 58.9 cm³/mol. The number of carbonyl (C=O) groups is 1. The summed E-state index contributed by atoms with van der Waals surface area (Å²) < 4.78 is 13.2. The Bertz CT molecular complexity index is 539. The Morgan fingerprint density at radius 1 is 1.59 bits per heavy atom. The van der Waals surface area contributed by atoms with E-state index in [4.69, 9.17) is 10.6 Å². The van der Waals surface area contributed by atoms with Crippen molar-refractivity contribution in [3.8, 4) is 11.8 Å². The number of azide groups is 1. The van der Waals surface area contributed by atoms with Gasteiger partial charge in [0, 0.05) is 23.4 Å². The summed E-state index contributed by atoms with van der Waals surface area (Å²) >= 11 is 0. The third kappa shape index (κ3) is 3.52. The molecule has 0 atom stereocenters. The van der Waals surface area contributed by atoms with Gasteiger partial charge in [-0.15, -0.1) is 0 Å². The molecule has 0 unspecified atom stereocenters. The van der Waals surface area contributed by atoms with E-state index in [1.165, 1.54) is 12.1 Å². The first-order chi connectivity index (χ1) is 8.16. The number of hydrogen-bond acceptors (Lipinski definition) is 2. The highest BCUT2D eigenvalue weighted by Crippen LogP contribution is 2.12. The number of benzene rings is 1. The molecular weight excluding hydrogens is 225 g/mol. The predicted octanol–water partition coefficient (Wildman–Crippen LogP) is 2.58. The molecule has 17 heavy (non-hydrogen) atoms. The normalized spacial score (nSPS) is 8.76. The van der Waals surface area contributed by atoms with Gasteiger partial charge in [-0.1, -0.05) is 23.0 Å². The van der Waals surface area contributed by atoms with Crippen molar-refractivity contribution in [2.24, 2.45) is 5.11 Å². The van der Waals surface area contributed by atoms with Crippen LogP contribution in [0.25, 0.3) is 10.4 Å². The summed E-state index contributed by atoms with van der Waals surface area (Å²) in [5.74, 6) is 2.98. The number of aromatic carboxylic acids is 1. The maximum absolute atomic E-state index is 13.2. The molecule has 5 nitrogen and oxygen atoms in total. The van der Waals surface area contributed by atoms with E-state index in [0.29, 0.717) is 6.42 Å². The third-order valence-corrected chi connectivity index (χ3v) is 1.85. The summed E-state index contributed by atoms with van der Waals surface area (Å²) in [6, 6.07) is 3.88. The van der Waals surface area contributed by atoms with Crippen molar-refractivity contribution in [2.75, 3.05) is 6.54 Å². The van der Waals surface area contributed by atoms with Crippen molar-refractivity contribution in [3.05, 3.63) is 45.6 Å². The maximum Gasteiger partial charge on any atom is 0.339 e. The Hall–Kier alpha value is -2.51. The summed E-state index contributed by atoms with van der Waals surface area (Å²) in [7, 11) is 0. The van der Waals surface area contributed by atoms with Crippen LogP contribution in [0.15, 0.2) is 23.3 Å². The van der Waals surface area contributed by atoms with Crippen molar-refractivity contribution < 1.29 is 14.3 Å². The van der Waals surface area contributed by atoms with Crippen LogP contribution in [0.5, 0.6) is 0 Å². The van der Waals surface area contributed by atoms with E-state index < -0.39 is 17.3 Å². The van der Waals surface area contributed by atoms with E-state index in [0.717, 1.165) is 6.07 Å². The molecular formula is C11H8FN3O2. The molecule has 0 aliphatic heterocycles. The molecule has 0 heterocycles. The summed E-state index contributed by atoms with van der Waals surface area (Å²) in [4.78, 5) is 13.3. The van der Waals surface area contributed by atoms with Gasteiger partial charge in [-0.2, -0.15) is 0 Å². The lowest BCUT2D eigenvalue weighted by Gasteiger charge is -1.99. The van der Waals surface area contributed by atoms with Crippen LogP contribution in [-0.4, -0.2) is 17.6 Å². The van der Waals surface area contributed by atoms with Crippen LogP contribution in [0.1, 0.15) is 22.3 Å². The molecule has 86 valence electrons. The Balaban J connectivity index is 2.94. The molecule has 0 aliphatic carbocycles. The van der Waals surface area contributed by atoms with Gasteiger partial charge in [-0.05, 0) is 17.7 Å². The van der Waals surface area contributed by atoms with Gasteiger partial charge in [0.05, 0.1) is 0 Å². The molecule has 6 heteroatoms. The molecule has 0 saturated heterocycles. The average Bonchev–Trinajstić information content (AvgIpc) is 2.28. The summed E-state index contributed by atoms with van der Waals surface area (Å²) in [5, 5.41) is 12.1. The number of carboxylic acids is 1. The van der Waals surface area contributed by atoms with Gasteiger partial charge in [0.25, 0.3) is 0 Å². The highest BCUT2D eigenvalue weighted by molar-refractivity contribution is 5.91. The monoisotopic (exact) mass is 233 g/mol. The van der Waals surface area contributed by atoms with Crippen molar-refractivity contribution in [3.63, 3.8) is 0 Å². The van der Waals surface area contributed by atoms with Gasteiger partial charge >= 0.3 is 5.97 Å². The Kier molecular flexibility index (Phi) is 4.55. The maximum atomic E-state index is 13.2. The topological polar surface area (TPSA) is 86.1 Å². The fourth-order valence-corrected chi connectivity index (χ4v) is 1.15. The van der Waals surface area contributed by atoms with Crippen molar-refractivity contribution in [1.82, 2.24) is 0 Å². The molecule has 0 aliphatic rings. The highest BCUT2D eigenvalue weighted by Gasteiger charge is 2.13. The SMILES string of the molecule is [N-]=[N+]=NCCC#Cc1cccc(F)c1C(=O)O. The standard InChI is InChI=1S/C11H8FN3O2/c12-9-6-3-5-8(10(9)11(16)17)4-1-2-7-14-15-13/h3,5-6H,2,7H2,(H,16,17). The second-order valence-corrected chi connectivity index (χ2v) is 2.97. The second kappa shape index (κ2) is 6.16. The zero-order valence-electron chi connectivity index (χ0n) is 8.72. The first-order valence-corrected chi connectivity index (χ1v) is 4.68. The molecule has 0 radical (unpaired) electrons. The first kappa shape index (κ1) is 12.6. The second-order valence-electron chi connectivity index (χ2n) is 2.97. The van der Waals surface area contributed by atoms with Crippen LogP contribution in [0.4, 0.5) is 4.39 Å². The summed E-state index contributed by atoms with van der Waals surface area (Å²) in [6.45, 7) is 0.196. The lowest BCUT2D eigenvalue weighted by atomic mass is 10.1. The quantitative estimate of drug-likeness (QED) is 0.286. The lowest BCUT2D eigenvalue weighted by Crippen LogP contribution is -2.03. The van der Waals surface area contributed by atoms with Gasteiger partial charge in [0.1, 0.15) is 11.4 Å². The number of halogens is 1. The average molecular weight is 233 g/mol. The smallest absolute Gasteiger partial charge is 0.339 e. The lowest BCUT2D eigenvalue weighted by molar-refractivity contribution is 0.0691. The molecule has 1 aromatic carbocycles. The third-order valence-electron chi connectivity index (χ3n) is 1.85. The van der Waals surface area contributed by atoms with Crippen molar-refractivity contribution in [2.45, 2.75) is 6.42 Å². The van der Waals surface area contributed by atoms with E-state index in [1.54, 1.807) is 0 Å². The zero-order valence-corrected chi connectivity index (χ0v) is 8.72. The van der Waals surface area contributed by atoms with Crippen LogP contribution >= 0.6 is 0 Å². The Labute approximate surface area is 96.5 Å². The molecule has 0 spiro atoms. The van der Waals surface area contributed by atoms with Gasteiger partial charge in [0.2, 0.25) is 0 Å². The van der Waals surface area contributed by atoms with Gasteiger partial charge in [-0.25, -0.2) is 9.18 Å². The van der Waals surface area contributed by atoms with Crippen molar-refractivity contribution >= 4 is 5.97 Å². The zero-order chi connectivity index (χ0) is 12.7. The van der Waals surface area contributed by atoms with Crippen LogP contribution in [0.2, 0.25) is 0 Å². The van der Waals surface area contributed by atoms with E-state index in [2.05, 4.69) is 21.9 Å². The van der Waals surface area contributed by atoms with E-state index in [-0.39, 0.29) is 12.1 Å². The number of hydrogen-bond donors (Lipinski definition) is 1. The van der Waals surface area contributed by atoms with E-state index in [1.807, 2.05) is 0 Å². The Morgan fingerprint density at radius 2 is 2.35 bits per heavy atom. The van der Waals surface area contributed by atoms with E-state index >= 15 is 0 Å².